The van der Waals surface area contributed by atoms with Crippen molar-refractivity contribution in [3.05, 3.63) is 17.2 Å². The van der Waals surface area contributed by atoms with Crippen LogP contribution in [0.25, 0.3) is 0 Å². The van der Waals surface area contributed by atoms with Crippen LogP contribution < -0.4 is 10.1 Å². The van der Waals surface area contributed by atoms with Gasteiger partial charge in [-0.2, -0.15) is 0 Å². The van der Waals surface area contributed by atoms with Gasteiger partial charge in [0.25, 0.3) is 5.91 Å². The number of rotatable bonds is 8. The zero-order chi connectivity index (χ0) is 19.3. The number of halogens is 1. The Labute approximate surface area is 158 Å². The van der Waals surface area contributed by atoms with Gasteiger partial charge in [-0.05, 0) is 18.9 Å². The van der Waals surface area contributed by atoms with Gasteiger partial charge in [-0.3, -0.25) is 9.59 Å². The average Bonchev–Trinajstić information content (AvgIpc) is 2.58. The van der Waals surface area contributed by atoms with Gasteiger partial charge < -0.3 is 15.0 Å². The molecule has 1 aliphatic heterocycles. The Hall–Kier alpha value is -1.80. The van der Waals surface area contributed by atoms with Gasteiger partial charge in [0.05, 0.1) is 21.4 Å². The molecule has 0 spiro atoms. The lowest BCUT2D eigenvalue weighted by Crippen LogP contribution is -2.33. The number of benzene rings is 1. The highest BCUT2D eigenvalue weighted by molar-refractivity contribution is 7.91. The molecule has 0 fully saturated rings. The molecule has 0 radical (unpaired) electrons. The molecule has 26 heavy (non-hydrogen) atoms. The lowest BCUT2D eigenvalue weighted by atomic mass is 10.2. The highest BCUT2D eigenvalue weighted by atomic mass is 35.5. The second-order valence-corrected chi connectivity index (χ2v) is 8.55. The number of sulfone groups is 1. The molecule has 1 aliphatic rings. The van der Waals surface area contributed by atoms with Crippen molar-refractivity contribution in [2.75, 3.05) is 30.8 Å². The fourth-order valence-electron chi connectivity index (χ4n) is 2.71. The first-order valence-corrected chi connectivity index (χ1v) is 10.6. The zero-order valence-electron chi connectivity index (χ0n) is 14.9. The van der Waals surface area contributed by atoms with Crippen LogP contribution in [0.2, 0.25) is 5.02 Å². The van der Waals surface area contributed by atoms with Crippen LogP contribution in [0, 0.1) is 0 Å². The number of carbonyl (C=O) groups is 2. The first-order chi connectivity index (χ1) is 12.3. The van der Waals surface area contributed by atoms with Gasteiger partial charge >= 0.3 is 0 Å². The molecule has 0 saturated heterocycles. The van der Waals surface area contributed by atoms with Crippen molar-refractivity contribution in [1.29, 1.82) is 0 Å². The Bertz CT molecular complexity index is 789. The van der Waals surface area contributed by atoms with E-state index >= 15 is 0 Å². The minimum atomic E-state index is -3.77. The highest BCUT2D eigenvalue weighted by Gasteiger charge is 2.25. The number of fused-ring (bicyclic) bond motifs is 1. The smallest absolute Gasteiger partial charge is 0.262 e. The van der Waals surface area contributed by atoms with Gasteiger partial charge in [-0.1, -0.05) is 25.4 Å². The maximum atomic E-state index is 12.6. The normalized spacial score (nSPS) is 13.6. The van der Waals surface area contributed by atoms with Crippen molar-refractivity contribution >= 4 is 38.9 Å². The van der Waals surface area contributed by atoms with Crippen molar-refractivity contribution in [2.45, 2.75) is 38.0 Å². The molecule has 1 aromatic rings. The van der Waals surface area contributed by atoms with Crippen molar-refractivity contribution in [2.24, 2.45) is 0 Å². The summed E-state index contributed by atoms with van der Waals surface area (Å²) in [5.74, 6) is -0.602. The van der Waals surface area contributed by atoms with E-state index in [1.807, 2.05) is 13.8 Å². The highest BCUT2D eigenvalue weighted by Crippen LogP contribution is 2.36. The van der Waals surface area contributed by atoms with Crippen molar-refractivity contribution in [1.82, 2.24) is 4.90 Å². The van der Waals surface area contributed by atoms with E-state index in [0.717, 1.165) is 12.8 Å². The molecule has 2 amide bonds. The first-order valence-electron chi connectivity index (χ1n) is 8.55. The van der Waals surface area contributed by atoms with Crippen LogP contribution >= 0.6 is 11.6 Å². The van der Waals surface area contributed by atoms with Crippen LogP contribution in [-0.4, -0.2) is 50.6 Å². The quantitative estimate of drug-likeness (QED) is 0.721. The Balaban J connectivity index is 2.15. The molecule has 9 heteroatoms. The van der Waals surface area contributed by atoms with E-state index in [0.29, 0.717) is 18.8 Å². The molecule has 1 heterocycles. The van der Waals surface area contributed by atoms with E-state index in [9.17, 15) is 18.0 Å². The molecule has 0 saturated carbocycles. The van der Waals surface area contributed by atoms with Gasteiger partial charge in [-0.15, -0.1) is 0 Å². The van der Waals surface area contributed by atoms with E-state index in [1.165, 1.54) is 12.1 Å². The zero-order valence-corrected chi connectivity index (χ0v) is 16.5. The van der Waals surface area contributed by atoms with Crippen LogP contribution in [0.4, 0.5) is 5.69 Å². The number of anilines is 1. The van der Waals surface area contributed by atoms with Gasteiger partial charge in [-0.25, -0.2) is 8.42 Å². The molecule has 0 aromatic heterocycles. The van der Waals surface area contributed by atoms with E-state index in [4.69, 9.17) is 16.3 Å². The summed E-state index contributed by atoms with van der Waals surface area (Å²) >= 11 is 6.09. The summed E-state index contributed by atoms with van der Waals surface area (Å²) in [6.45, 7) is 4.98. The number of nitrogens with zero attached hydrogens (tertiary/aromatic N) is 1. The second-order valence-electron chi connectivity index (χ2n) is 6.07. The number of amides is 2. The fraction of sp³-hybridized carbons (Fsp3) is 0.529. The van der Waals surface area contributed by atoms with E-state index < -0.39 is 9.84 Å². The molecule has 0 bridgehead atoms. The molecule has 0 aliphatic carbocycles. The number of carbonyl (C=O) groups excluding carboxylic acids is 2. The van der Waals surface area contributed by atoms with Crippen LogP contribution in [-0.2, 0) is 19.4 Å². The summed E-state index contributed by atoms with van der Waals surface area (Å²) in [5.41, 5.74) is 0.332. The number of nitrogens with one attached hydrogen (secondary N) is 1. The molecular formula is C17H23ClN2O5S. The molecule has 144 valence electrons. The van der Waals surface area contributed by atoms with Crippen molar-refractivity contribution in [3.8, 4) is 5.75 Å². The van der Waals surface area contributed by atoms with Crippen molar-refractivity contribution in [3.63, 3.8) is 0 Å². The summed E-state index contributed by atoms with van der Waals surface area (Å²) in [6, 6.07) is 2.65. The Morgan fingerprint density at radius 3 is 2.54 bits per heavy atom. The minimum absolute atomic E-state index is 0.0130. The lowest BCUT2D eigenvalue weighted by Gasteiger charge is -2.22. The third kappa shape index (κ3) is 4.88. The van der Waals surface area contributed by atoms with Gasteiger partial charge in [0.15, 0.2) is 16.4 Å². The van der Waals surface area contributed by atoms with Crippen LogP contribution in [0.15, 0.2) is 17.0 Å². The molecule has 2 rings (SSSR count). The average molecular weight is 403 g/mol. The summed E-state index contributed by atoms with van der Waals surface area (Å²) in [7, 11) is -3.77. The Morgan fingerprint density at radius 2 is 1.92 bits per heavy atom. The summed E-state index contributed by atoms with van der Waals surface area (Å²) in [5, 5.41) is 2.56. The standard InChI is InChI=1S/C17H23ClN2O5S/c1-3-6-20(7-4-2)17(22)5-8-26(23,24)15-10-14-13(9-12(15)18)19-16(21)11-25-14/h9-10H,3-8,11H2,1-2H3,(H,19,21). The maximum absolute atomic E-state index is 12.6. The molecule has 7 nitrogen and oxygen atoms in total. The summed E-state index contributed by atoms with van der Waals surface area (Å²) < 4.78 is 30.5. The number of hydrogen-bond donors (Lipinski definition) is 1. The number of hydrogen-bond acceptors (Lipinski definition) is 5. The molecule has 0 unspecified atom stereocenters. The predicted molar refractivity (Wildman–Crippen MR) is 99.4 cm³/mol. The third-order valence-electron chi connectivity index (χ3n) is 3.93. The molecule has 1 aromatic carbocycles. The second kappa shape index (κ2) is 8.73. The van der Waals surface area contributed by atoms with Crippen LogP contribution in [0.1, 0.15) is 33.1 Å². The summed E-state index contributed by atoms with van der Waals surface area (Å²) in [4.78, 5) is 25.2. The molecular weight excluding hydrogens is 380 g/mol. The van der Waals surface area contributed by atoms with Crippen LogP contribution in [0.3, 0.4) is 0 Å². The molecule has 0 atom stereocenters. The van der Waals surface area contributed by atoms with E-state index in [1.54, 1.807) is 4.90 Å². The van der Waals surface area contributed by atoms with E-state index in [2.05, 4.69) is 5.32 Å². The Morgan fingerprint density at radius 1 is 1.27 bits per heavy atom. The first kappa shape index (κ1) is 20.5. The lowest BCUT2D eigenvalue weighted by molar-refractivity contribution is -0.130. The minimum Gasteiger partial charge on any atom is -0.482 e. The van der Waals surface area contributed by atoms with Gasteiger partial charge in [0.2, 0.25) is 5.91 Å². The summed E-state index contributed by atoms with van der Waals surface area (Å²) in [6.07, 6.45) is 1.53. The topological polar surface area (TPSA) is 92.8 Å². The van der Waals surface area contributed by atoms with Gasteiger partial charge in [0, 0.05) is 25.6 Å². The fourth-order valence-corrected chi connectivity index (χ4v) is 4.53. The molecule has 1 N–H and O–H groups in total. The van der Waals surface area contributed by atoms with E-state index in [-0.39, 0.29) is 46.3 Å². The predicted octanol–water partition coefficient (Wildman–Crippen LogP) is 2.48. The Kier molecular flexibility index (Phi) is 6.88. The maximum Gasteiger partial charge on any atom is 0.262 e. The third-order valence-corrected chi connectivity index (χ3v) is 6.10. The van der Waals surface area contributed by atoms with Crippen LogP contribution in [0.5, 0.6) is 5.75 Å². The number of ether oxygens (including phenoxy) is 1. The van der Waals surface area contributed by atoms with Crippen molar-refractivity contribution < 1.29 is 22.7 Å². The monoisotopic (exact) mass is 402 g/mol. The SMILES string of the molecule is CCCN(CCC)C(=O)CCS(=O)(=O)c1cc2c(cc1Cl)NC(=O)CO2. The largest absolute Gasteiger partial charge is 0.482 e. The van der Waals surface area contributed by atoms with Gasteiger partial charge in [0.1, 0.15) is 5.75 Å².